The number of rotatable bonds is 6. The van der Waals surface area contributed by atoms with E-state index < -0.39 is 23.4 Å². The van der Waals surface area contributed by atoms with E-state index in [1.54, 1.807) is 6.92 Å². The molecule has 2 N–H and O–H groups in total. The average Bonchev–Trinajstić information content (AvgIpc) is 3.40. The molecule has 0 spiro atoms. The van der Waals surface area contributed by atoms with E-state index in [0.717, 1.165) is 49.4 Å². The summed E-state index contributed by atoms with van der Waals surface area (Å²) in [6, 6.07) is 14.1. The molecular weight excluding hydrogens is 566 g/mol. The minimum atomic E-state index is -4.78. The summed E-state index contributed by atoms with van der Waals surface area (Å²) >= 11 is 6.42. The van der Waals surface area contributed by atoms with Crippen LogP contribution in [0.4, 0.5) is 24.5 Å². The Bertz CT molecular complexity index is 1310. The lowest BCUT2D eigenvalue weighted by atomic mass is 9.90. The number of aromatic amines is 1. The summed E-state index contributed by atoms with van der Waals surface area (Å²) in [5.74, 6) is -1.39. The first-order valence-corrected chi connectivity index (χ1v) is 13.6. The number of carbonyl (C=O) groups excluding carboxylic acids is 1. The molecule has 0 amide bonds. The summed E-state index contributed by atoms with van der Waals surface area (Å²) in [6.07, 6.45) is -3.44. The number of halogens is 5. The molecule has 1 aromatic heterocycles. The largest absolute Gasteiger partial charge is 0.462 e. The minimum absolute atomic E-state index is 0. The molecule has 7 nitrogen and oxygen atoms in total. The lowest BCUT2D eigenvalue weighted by Gasteiger charge is -2.35. The fraction of sp³-hybridized carbons (Fsp3) is 0.429. The Morgan fingerprint density at radius 3 is 2.50 bits per heavy atom. The standard InChI is InChI=1S/C28H31ClF3N5O2.ClH/c1-2-39-27(38)24-25(34-35-26(24)28(30,31)32)19-4-3-13-37(17-19)23-16-20(29)7-10-22(23)18-5-8-21(9-6-18)36-14-11-33-12-15-36;/h5-10,16,19,33H,2-4,11-15,17H2,1H3,(H,34,35);1H. The van der Waals surface area contributed by atoms with Crippen LogP contribution in [0.15, 0.2) is 42.5 Å². The predicted octanol–water partition coefficient (Wildman–Crippen LogP) is 6.14. The molecule has 2 aromatic carbocycles. The van der Waals surface area contributed by atoms with Gasteiger partial charge in [-0.1, -0.05) is 29.8 Å². The number of hydrogen-bond donors (Lipinski definition) is 2. The molecule has 0 aliphatic carbocycles. The lowest BCUT2D eigenvalue weighted by Crippen LogP contribution is -2.43. The van der Waals surface area contributed by atoms with E-state index in [1.807, 2.05) is 18.2 Å². The summed E-state index contributed by atoms with van der Waals surface area (Å²) in [4.78, 5) is 17.1. The van der Waals surface area contributed by atoms with Crippen LogP contribution < -0.4 is 15.1 Å². The molecule has 12 heteroatoms. The third-order valence-corrected chi connectivity index (χ3v) is 7.57. The van der Waals surface area contributed by atoms with Crippen LogP contribution in [0.5, 0.6) is 0 Å². The molecule has 2 aliphatic heterocycles. The highest BCUT2D eigenvalue weighted by Crippen LogP contribution is 2.40. The van der Waals surface area contributed by atoms with Crippen molar-refractivity contribution in [3.8, 4) is 11.1 Å². The number of anilines is 2. The summed E-state index contributed by atoms with van der Waals surface area (Å²) in [7, 11) is 0. The zero-order chi connectivity index (χ0) is 27.6. The molecule has 2 aliphatic rings. The van der Waals surface area contributed by atoms with E-state index in [4.69, 9.17) is 16.3 Å². The van der Waals surface area contributed by atoms with Crippen LogP contribution in [0, 0.1) is 0 Å². The van der Waals surface area contributed by atoms with Crippen LogP contribution in [-0.4, -0.2) is 62.0 Å². The number of alkyl halides is 3. The van der Waals surface area contributed by atoms with Crippen LogP contribution in [-0.2, 0) is 10.9 Å². The Kier molecular flexibility index (Phi) is 9.53. The van der Waals surface area contributed by atoms with E-state index in [2.05, 4.69) is 49.6 Å². The third kappa shape index (κ3) is 6.34. The number of benzene rings is 2. The van der Waals surface area contributed by atoms with E-state index >= 15 is 0 Å². The van der Waals surface area contributed by atoms with Gasteiger partial charge < -0.3 is 19.9 Å². The number of H-pyrrole nitrogens is 1. The van der Waals surface area contributed by atoms with Gasteiger partial charge >= 0.3 is 12.1 Å². The monoisotopic (exact) mass is 597 g/mol. The number of hydrogen-bond acceptors (Lipinski definition) is 6. The highest BCUT2D eigenvalue weighted by atomic mass is 35.5. The first-order valence-electron chi connectivity index (χ1n) is 13.2. The zero-order valence-electron chi connectivity index (χ0n) is 22.1. The quantitative estimate of drug-likeness (QED) is 0.332. The van der Waals surface area contributed by atoms with Gasteiger partial charge in [0.2, 0.25) is 0 Å². The van der Waals surface area contributed by atoms with Gasteiger partial charge in [-0.25, -0.2) is 4.79 Å². The molecule has 216 valence electrons. The van der Waals surface area contributed by atoms with Crippen molar-refractivity contribution >= 4 is 41.4 Å². The molecule has 0 bridgehead atoms. The molecule has 5 rings (SSSR count). The van der Waals surface area contributed by atoms with Crippen molar-refractivity contribution in [2.45, 2.75) is 31.9 Å². The zero-order valence-corrected chi connectivity index (χ0v) is 23.6. The number of carbonyl (C=O) groups is 1. The molecule has 2 saturated heterocycles. The van der Waals surface area contributed by atoms with Crippen LogP contribution in [0.25, 0.3) is 11.1 Å². The Hall–Kier alpha value is -2.95. The Balaban J connectivity index is 0.00000370. The summed E-state index contributed by atoms with van der Waals surface area (Å²) < 4.78 is 46.0. The van der Waals surface area contributed by atoms with Crippen LogP contribution in [0.2, 0.25) is 5.02 Å². The molecular formula is C28H32Cl2F3N5O2. The summed E-state index contributed by atoms with van der Waals surface area (Å²) in [5, 5.41) is 9.95. The molecule has 3 heterocycles. The second kappa shape index (κ2) is 12.7. The number of ether oxygens (including phenoxy) is 1. The van der Waals surface area contributed by atoms with Crippen LogP contribution in [0.3, 0.4) is 0 Å². The van der Waals surface area contributed by atoms with Gasteiger partial charge in [0.15, 0.2) is 5.69 Å². The van der Waals surface area contributed by atoms with Gasteiger partial charge in [-0.3, -0.25) is 5.10 Å². The van der Waals surface area contributed by atoms with Crippen molar-refractivity contribution in [1.82, 2.24) is 15.5 Å². The van der Waals surface area contributed by atoms with Crippen molar-refractivity contribution < 1.29 is 22.7 Å². The first-order chi connectivity index (χ1) is 18.8. The summed E-state index contributed by atoms with van der Waals surface area (Å²) in [5.41, 5.74) is 2.48. The maximum atomic E-state index is 13.7. The van der Waals surface area contributed by atoms with Gasteiger partial charge in [-0.2, -0.15) is 18.3 Å². The number of nitrogens with zero attached hydrogens (tertiary/aromatic N) is 3. The second-order valence-electron chi connectivity index (χ2n) is 9.81. The molecule has 3 aromatic rings. The highest BCUT2D eigenvalue weighted by Gasteiger charge is 2.42. The Morgan fingerprint density at radius 2 is 1.82 bits per heavy atom. The first kappa shape index (κ1) is 30.0. The van der Waals surface area contributed by atoms with Gasteiger partial charge in [-0.05, 0) is 49.6 Å². The van der Waals surface area contributed by atoms with Gasteiger partial charge in [0.05, 0.1) is 12.3 Å². The Labute approximate surface area is 242 Å². The Morgan fingerprint density at radius 1 is 1.10 bits per heavy atom. The van der Waals surface area contributed by atoms with Gasteiger partial charge in [0.1, 0.15) is 5.56 Å². The number of piperidine rings is 1. The van der Waals surface area contributed by atoms with Crippen LogP contribution in [0.1, 0.15) is 47.4 Å². The number of piperazine rings is 1. The fourth-order valence-electron chi connectivity index (χ4n) is 5.48. The van der Waals surface area contributed by atoms with Crippen molar-refractivity contribution in [1.29, 1.82) is 0 Å². The van der Waals surface area contributed by atoms with E-state index in [9.17, 15) is 18.0 Å². The molecule has 0 radical (unpaired) electrons. The maximum absolute atomic E-state index is 13.7. The normalized spacial score (nSPS) is 17.9. The highest BCUT2D eigenvalue weighted by molar-refractivity contribution is 6.31. The van der Waals surface area contributed by atoms with Crippen LogP contribution >= 0.6 is 24.0 Å². The van der Waals surface area contributed by atoms with E-state index in [-0.39, 0.29) is 30.6 Å². The average molecular weight is 598 g/mol. The number of esters is 1. The number of aromatic nitrogens is 2. The topological polar surface area (TPSA) is 73.5 Å². The van der Waals surface area contributed by atoms with Gasteiger partial charge in [0.25, 0.3) is 0 Å². The van der Waals surface area contributed by atoms with Crippen molar-refractivity contribution in [3.63, 3.8) is 0 Å². The SMILES string of the molecule is CCOC(=O)c1c(C(F)(F)F)n[nH]c1C1CCCN(c2cc(Cl)ccc2-c2ccc(N3CCNCC3)cc2)C1.Cl. The number of nitrogens with one attached hydrogen (secondary N) is 2. The minimum Gasteiger partial charge on any atom is -0.462 e. The molecule has 1 atom stereocenters. The third-order valence-electron chi connectivity index (χ3n) is 7.33. The van der Waals surface area contributed by atoms with Crippen molar-refractivity contribution in [2.75, 3.05) is 55.7 Å². The van der Waals surface area contributed by atoms with Gasteiger partial charge in [0, 0.05) is 67.1 Å². The summed E-state index contributed by atoms with van der Waals surface area (Å²) in [6.45, 7) is 6.46. The van der Waals surface area contributed by atoms with E-state index in [0.29, 0.717) is 24.5 Å². The fourth-order valence-corrected chi connectivity index (χ4v) is 5.65. The molecule has 0 saturated carbocycles. The lowest BCUT2D eigenvalue weighted by molar-refractivity contribution is -0.141. The van der Waals surface area contributed by atoms with E-state index in [1.165, 1.54) is 5.69 Å². The molecule has 1 unspecified atom stereocenters. The maximum Gasteiger partial charge on any atom is 0.436 e. The molecule has 40 heavy (non-hydrogen) atoms. The van der Waals surface area contributed by atoms with Gasteiger partial charge in [-0.15, -0.1) is 12.4 Å². The van der Waals surface area contributed by atoms with Crippen molar-refractivity contribution in [2.24, 2.45) is 0 Å². The second-order valence-corrected chi connectivity index (χ2v) is 10.2. The predicted molar refractivity (Wildman–Crippen MR) is 153 cm³/mol. The smallest absolute Gasteiger partial charge is 0.436 e. The molecule has 2 fully saturated rings. The van der Waals surface area contributed by atoms with Crippen molar-refractivity contribution in [3.05, 3.63) is 64.4 Å².